The summed E-state index contributed by atoms with van der Waals surface area (Å²) in [6.45, 7) is 8.04. The van der Waals surface area contributed by atoms with Gasteiger partial charge in [-0.15, -0.1) is 0 Å². The highest BCUT2D eigenvalue weighted by atomic mass is 16.5. The number of piperazine rings is 1. The summed E-state index contributed by atoms with van der Waals surface area (Å²) in [6.07, 6.45) is 0.640. The lowest BCUT2D eigenvalue weighted by Crippen LogP contribution is -2.50. The maximum absolute atomic E-state index is 13.3. The number of aryl methyl sites for hydroxylation is 1. The van der Waals surface area contributed by atoms with Crippen LogP contribution >= 0.6 is 0 Å². The fourth-order valence-corrected chi connectivity index (χ4v) is 4.62. The van der Waals surface area contributed by atoms with Crippen molar-refractivity contribution in [2.24, 2.45) is 0 Å². The van der Waals surface area contributed by atoms with E-state index in [1.807, 2.05) is 55.1 Å². The molecular weight excluding hydrogens is 518 g/mol. The summed E-state index contributed by atoms with van der Waals surface area (Å²) < 4.78 is 6.00. The van der Waals surface area contributed by atoms with Gasteiger partial charge in [-0.1, -0.05) is 24.3 Å². The van der Waals surface area contributed by atoms with Gasteiger partial charge in [0, 0.05) is 56.6 Å². The summed E-state index contributed by atoms with van der Waals surface area (Å²) in [5, 5.41) is 5.87. The number of urea groups is 1. The van der Waals surface area contributed by atoms with Gasteiger partial charge in [0.2, 0.25) is 0 Å². The zero-order valence-electron chi connectivity index (χ0n) is 24.3. The van der Waals surface area contributed by atoms with Crippen molar-refractivity contribution >= 4 is 29.2 Å². The van der Waals surface area contributed by atoms with Crippen molar-refractivity contribution < 1.29 is 19.1 Å². The second-order valence-corrected chi connectivity index (χ2v) is 10.3. The zero-order chi connectivity index (χ0) is 29.4. The number of amides is 4. The molecule has 0 aliphatic carbocycles. The number of hydrogen-bond donors (Lipinski definition) is 2. The van der Waals surface area contributed by atoms with Crippen LogP contribution in [0.15, 0.2) is 66.7 Å². The van der Waals surface area contributed by atoms with E-state index < -0.39 is 0 Å². The molecule has 0 saturated carbocycles. The molecule has 0 unspecified atom stereocenters. The largest absolute Gasteiger partial charge is 0.491 e. The summed E-state index contributed by atoms with van der Waals surface area (Å²) in [7, 11) is 3.76. The van der Waals surface area contributed by atoms with E-state index in [-0.39, 0.29) is 17.8 Å². The molecule has 1 aliphatic rings. The molecule has 1 saturated heterocycles. The van der Waals surface area contributed by atoms with Crippen molar-refractivity contribution in [1.29, 1.82) is 0 Å². The highest BCUT2D eigenvalue weighted by Crippen LogP contribution is 2.28. The van der Waals surface area contributed by atoms with Crippen molar-refractivity contribution in [1.82, 2.24) is 15.1 Å². The molecule has 3 aromatic carbocycles. The van der Waals surface area contributed by atoms with Crippen molar-refractivity contribution in [3.63, 3.8) is 0 Å². The molecule has 2 N–H and O–H groups in total. The monoisotopic (exact) mass is 557 g/mol. The molecule has 0 radical (unpaired) electrons. The summed E-state index contributed by atoms with van der Waals surface area (Å²) in [6, 6.07) is 19.8. The first-order chi connectivity index (χ1) is 19.7. The van der Waals surface area contributed by atoms with Crippen LogP contribution in [0.25, 0.3) is 0 Å². The van der Waals surface area contributed by atoms with E-state index in [1.165, 1.54) is 0 Å². The molecule has 0 spiro atoms. The molecule has 0 atom stereocenters. The van der Waals surface area contributed by atoms with Gasteiger partial charge in [0.25, 0.3) is 11.8 Å². The maximum atomic E-state index is 13.3. The number of anilines is 2. The Labute approximate surface area is 242 Å². The molecule has 0 bridgehead atoms. The van der Waals surface area contributed by atoms with Crippen LogP contribution in [0.1, 0.15) is 38.3 Å². The Bertz CT molecular complexity index is 1370. The molecule has 41 heavy (non-hydrogen) atoms. The summed E-state index contributed by atoms with van der Waals surface area (Å²) in [4.78, 5) is 44.0. The van der Waals surface area contributed by atoms with Crippen LogP contribution in [0, 0.1) is 13.8 Å². The van der Waals surface area contributed by atoms with Crippen LogP contribution in [0.5, 0.6) is 5.75 Å². The van der Waals surface area contributed by atoms with E-state index in [4.69, 9.17) is 4.74 Å². The van der Waals surface area contributed by atoms with E-state index in [2.05, 4.69) is 22.6 Å². The topological polar surface area (TPSA) is 94.2 Å². The molecule has 1 fully saturated rings. The fourth-order valence-electron chi connectivity index (χ4n) is 4.62. The van der Waals surface area contributed by atoms with Crippen molar-refractivity contribution in [2.75, 3.05) is 63.6 Å². The van der Waals surface area contributed by atoms with Crippen LogP contribution in [-0.2, 0) is 0 Å². The minimum absolute atomic E-state index is 0.0420. The Morgan fingerprint density at radius 2 is 1.61 bits per heavy atom. The Kier molecular flexibility index (Phi) is 9.97. The van der Waals surface area contributed by atoms with E-state index in [1.54, 1.807) is 42.3 Å². The van der Waals surface area contributed by atoms with Gasteiger partial charge in [-0.3, -0.25) is 9.59 Å². The first-order valence-corrected chi connectivity index (χ1v) is 13.9. The van der Waals surface area contributed by atoms with Gasteiger partial charge in [-0.2, -0.15) is 0 Å². The van der Waals surface area contributed by atoms with E-state index in [9.17, 15) is 14.4 Å². The number of para-hydroxylation sites is 2. The molecule has 9 heteroatoms. The van der Waals surface area contributed by atoms with Crippen molar-refractivity contribution in [3.05, 3.63) is 89.0 Å². The first kappa shape index (κ1) is 29.6. The third-order valence-electron chi connectivity index (χ3n) is 7.42. The molecule has 4 amide bonds. The highest BCUT2D eigenvalue weighted by molar-refractivity contribution is 6.08. The fraction of sp³-hybridized carbons (Fsp3) is 0.344. The SMILES string of the molecule is Cc1cccc(C(=O)Nc2ccc(C(=O)N(C)c3ccccc3OCCCNC(=O)N3CCN(C)CC3)cc2)c1C. The van der Waals surface area contributed by atoms with Gasteiger partial charge in [0.15, 0.2) is 0 Å². The van der Waals surface area contributed by atoms with Crippen LogP contribution in [0.3, 0.4) is 0 Å². The Morgan fingerprint density at radius 3 is 2.34 bits per heavy atom. The molecule has 0 aromatic heterocycles. The van der Waals surface area contributed by atoms with Gasteiger partial charge in [0.1, 0.15) is 5.75 Å². The maximum Gasteiger partial charge on any atom is 0.317 e. The normalized spacial score (nSPS) is 13.4. The second-order valence-electron chi connectivity index (χ2n) is 10.3. The molecule has 1 heterocycles. The standard InChI is InChI=1S/C32H39N5O4/c1-23-9-7-10-27(24(23)2)30(38)34-26-15-13-25(14-16-26)31(39)36(4)28-11-5-6-12-29(28)41-22-8-17-33-32(40)37-20-18-35(3)19-21-37/h5-7,9-16H,8,17-22H2,1-4H3,(H,33,40)(H,34,38). The Hall–Kier alpha value is -4.37. The van der Waals surface area contributed by atoms with E-state index in [0.717, 1.165) is 37.3 Å². The third kappa shape index (κ3) is 7.64. The van der Waals surface area contributed by atoms with Crippen LogP contribution in [0.2, 0.25) is 0 Å². The van der Waals surface area contributed by atoms with Gasteiger partial charge in [0.05, 0.1) is 12.3 Å². The van der Waals surface area contributed by atoms with E-state index in [0.29, 0.717) is 47.8 Å². The van der Waals surface area contributed by atoms with Gasteiger partial charge in [-0.25, -0.2) is 4.79 Å². The predicted octanol–water partition coefficient (Wildman–Crippen LogP) is 4.56. The van der Waals surface area contributed by atoms with Gasteiger partial charge < -0.3 is 30.1 Å². The summed E-state index contributed by atoms with van der Waals surface area (Å²) in [5.41, 5.74) is 4.36. The lowest BCUT2D eigenvalue weighted by Gasteiger charge is -2.32. The zero-order valence-corrected chi connectivity index (χ0v) is 24.3. The number of benzene rings is 3. The van der Waals surface area contributed by atoms with Crippen LogP contribution in [0.4, 0.5) is 16.2 Å². The molecule has 3 aromatic rings. The summed E-state index contributed by atoms with van der Waals surface area (Å²) >= 11 is 0. The number of likely N-dealkylation sites (N-methyl/N-ethyl adjacent to an activating group) is 1. The van der Waals surface area contributed by atoms with Gasteiger partial charge >= 0.3 is 6.03 Å². The van der Waals surface area contributed by atoms with Crippen molar-refractivity contribution in [3.8, 4) is 5.75 Å². The van der Waals surface area contributed by atoms with Gasteiger partial charge in [-0.05, 0) is 80.9 Å². The Balaban J connectivity index is 1.29. The van der Waals surface area contributed by atoms with E-state index >= 15 is 0 Å². The minimum atomic E-state index is -0.201. The predicted molar refractivity (Wildman–Crippen MR) is 162 cm³/mol. The quantitative estimate of drug-likeness (QED) is 0.376. The average molecular weight is 558 g/mol. The number of rotatable bonds is 9. The molecule has 1 aliphatic heterocycles. The smallest absolute Gasteiger partial charge is 0.317 e. The minimum Gasteiger partial charge on any atom is -0.491 e. The number of nitrogens with zero attached hydrogens (tertiary/aromatic N) is 3. The number of carbonyl (C=O) groups excluding carboxylic acids is 3. The third-order valence-corrected chi connectivity index (χ3v) is 7.42. The second kappa shape index (κ2) is 13.8. The summed E-state index contributed by atoms with van der Waals surface area (Å²) in [5.74, 6) is 0.200. The molecule has 4 rings (SSSR count). The first-order valence-electron chi connectivity index (χ1n) is 13.9. The lowest BCUT2D eigenvalue weighted by molar-refractivity contribution is 0.0990. The number of carbonyl (C=O) groups is 3. The lowest BCUT2D eigenvalue weighted by atomic mass is 10.0. The average Bonchev–Trinajstić information content (AvgIpc) is 2.98. The van der Waals surface area contributed by atoms with Crippen LogP contribution in [-0.4, -0.2) is 81.1 Å². The number of hydrogen-bond acceptors (Lipinski definition) is 5. The Morgan fingerprint density at radius 1 is 0.902 bits per heavy atom. The highest BCUT2D eigenvalue weighted by Gasteiger charge is 2.19. The van der Waals surface area contributed by atoms with Crippen molar-refractivity contribution in [2.45, 2.75) is 20.3 Å². The number of ether oxygens (including phenoxy) is 1. The number of nitrogens with one attached hydrogen (secondary N) is 2. The van der Waals surface area contributed by atoms with Crippen LogP contribution < -0.4 is 20.3 Å². The molecule has 9 nitrogen and oxygen atoms in total. The molecule has 216 valence electrons. The molecular formula is C32H39N5O4.